The van der Waals surface area contributed by atoms with Crippen LogP contribution in [0.3, 0.4) is 0 Å². The van der Waals surface area contributed by atoms with E-state index < -0.39 is 12.0 Å². The molecule has 6 nitrogen and oxygen atoms in total. The highest BCUT2D eigenvalue weighted by molar-refractivity contribution is 5.82. The van der Waals surface area contributed by atoms with Gasteiger partial charge in [0.15, 0.2) is 0 Å². The molecule has 0 spiro atoms. The smallest absolute Gasteiger partial charge is 0.317 e. The molecule has 100 valence electrons. The van der Waals surface area contributed by atoms with Crippen molar-refractivity contribution in [1.29, 1.82) is 0 Å². The Bertz CT molecular complexity index is 256. The van der Waals surface area contributed by atoms with E-state index in [9.17, 15) is 9.59 Å². The minimum atomic E-state index is -0.953. The van der Waals surface area contributed by atoms with Crippen molar-refractivity contribution in [1.82, 2.24) is 10.2 Å². The quantitative estimate of drug-likeness (QED) is 0.627. The Hall–Kier alpha value is -1.14. The van der Waals surface area contributed by atoms with Crippen molar-refractivity contribution in [2.24, 2.45) is 0 Å². The second-order valence-corrected chi connectivity index (χ2v) is 4.20. The third-order valence-corrected chi connectivity index (χ3v) is 2.28. The Kier molecular flexibility index (Phi) is 7.49. The lowest BCUT2D eigenvalue weighted by Gasteiger charge is -2.26. The molecule has 0 aliphatic carbocycles. The van der Waals surface area contributed by atoms with Gasteiger partial charge in [0.2, 0.25) is 5.91 Å². The standard InChI is InChI=1S/C11H22N2O4/c1-8(2)12-11(16)9(3)13(5-6-17-4)7-10(14)15/h8-9H,5-7H2,1-4H3,(H,12,16)(H,14,15). The zero-order chi connectivity index (χ0) is 13.4. The van der Waals surface area contributed by atoms with Gasteiger partial charge in [-0.3, -0.25) is 14.5 Å². The van der Waals surface area contributed by atoms with Crippen LogP contribution in [-0.4, -0.2) is 60.8 Å². The average Bonchev–Trinajstić information content (AvgIpc) is 2.21. The van der Waals surface area contributed by atoms with Crippen molar-refractivity contribution in [3.8, 4) is 0 Å². The number of rotatable bonds is 8. The van der Waals surface area contributed by atoms with Gasteiger partial charge in [0.25, 0.3) is 0 Å². The topological polar surface area (TPSA) is 78.9 Å². The van der Waals surface area contributed by atoms with Gasteiger partial charge in [-0.05, 0) is 20.8 Å². The number of ether oxygens (including phenoxy) is 1. The number of carbonyl (C=O) groups excluding carboxylic acids is 1. The van der Waals surface area contributed by atoms with Crippen molar-refractivity contribution in [3.05, 3.63) is 0 Å². The second kappa shape index (κ2) is 8.03. The first-order valence-electron chi connectivity index (χ1n) is 5.63. The summed E-state index contributed by atoms with van der Waals surface area (Å²) in [4.78, 5) is 24.0. The maximum atomic E-state index is 11.8. The molecule has 0 aromatic rings. The van der Waals surface area contributed by atoms with Gasteiger partial charge >= 0.3 is 5.97 Å². The number of nitrogens with one attached hydrogen (secondary N) is 1. The zero-order valence-corrected chi connectivity index (χ0v) is 10.9. The third kappa shape index (κ3) is 6.91. The van der Waals surface area contributed by atoms with Gasteiger partial charge in [-0.1, -0.05) is 0 Å². The predicted octanol–water partition coefficient (Wildman–Crippen LogP) is -0.0675. The number of hydrogen-bond donors (Lipinski definition) is 2. The monoisotopic (exact) mass is 246 g/mol. The van der Waals surface area contributed by atoms with Crippen LogP contribution in [0.4, 0.5) is 0 Å². The van der Waals surface area contributed by atoms with E-state index in [2.05, 4.69) is 5.32 Å². The largest absolute Gasteiger partial charge is 0.480 e. The Labute approximate surface area is 102 Å². The molecular formula is C11H22N2O4. The molecule has 1 atom stereocenters. The summed E-state index contributed by atoms with van der Waals surface area (Å²) in [6, 6.07) is -0.442. The fourth-order valence-corrected chi connectivity index (χ4v) is 1.36. The summed E-state index contributed by atoms with van der Waals surface area (Å²) in [5.41, 5.74) is 0. The number of carboxylic acid groups (broad SMARTS) is 1. The first-order chi connectivity index (χ1) is 7.88. The van der Waals surface area contributed by atoms with Crippen molar-refractivity contribution < 1.29 is 19.4 Å². The highest BCUT2D eigenvalue weighted by atomic mass is 16.5. The molecule has 0 fully saturated rings. The van der Waals surface area contributed by atoms with Gasteiger partial charge in [-0.2, -0.15) is 0 Å². The fraction of sp³-hybridized carbons (Fsp3) is 0.818. The molecule has 1 amide bonds. The van der Waals surface area contributed by atoms with Gasteiger partial charge < -0.3 is 15.2 Å². The SMILES string of the molecule is COCCN(CC(=O)O)C(C)C(=O)NC(C)C. The van der Waals surface area contributed by atoms with E-state index >= 15 is 0 Å². The van der Waals surface area contributed by atoms with Crippen molar-refractivity contribution >= 4 is 11.9 Å². The number of aliphatic carboxylic acids is 1. The third-order valence-electron chi connectivity index (χ3n) is 2.28. The molecule has 0 aliphatic heterocycles. The summed E-state index contributed by atoms with van der Waals surface area (Å²) < 4.78 is 4.90. The number of amides is 1. The molecule has 0 saturated carbocycles. The first-order valence-corrected chi connectivity index (χ1v) is 5.63. The molecule has 0 saturated heterocycles. The van der Waals surface area contributed by atoms with E-state index in [-0.39, 0.29) is 18.5 Å². The number of hydrogen-bond acceptors (Lipinski definition) is 4. The second-order valence-electron chi connectivity index (χ2n) is 4.20. The molecule has 6 heteroatoms. The maximum absolute atomic E-state index is 11.8. The van der Waals surface area contributed by atoms with Crippen LogP contribution in [0.1, 0.15) is 20.8 Å². The predicted molar refractivity (Wildman–Crippen MR) is 63.8 cm³/mol. The van der Waals surface area contributed by atoms with Crippen LogP contribution >= 0.6 is 0 Å². The Balaban J connectivity index is 4.43. The van der Waals surface area contributed by atoms with E-state index in [1.165, 1.54) is 7.11 Å². The molecule has 0 aromatic heterocycles. The lowest BCUT2D eigenvalue weighted by atomic mass is 10.2. The molecule has 17 heavy (non-hydrogen) atoms. The normalized spacial score (nSPS) is 12.8. The Morgan fingerprint density at radius 1 is 1.35 bits per heavy atom. The van der Waals surface area contributed by atoms with E-state index in [1.807, 2.05) is 13.8 Å². The highest BCUT2D eigenvalue weighted by Gasteiger charge is 2.23. The van der Waals surface area contributed by atoms with E-state index in [0.29, 0.717) is 13.2 Å². The summed E-state index contributed by atoms with van der Waals surface area (Å²) in [6.45, 7) is 6.05. The van der Waals surface area contributed by atoms with Crippen molar-refractivity contribution in [2.45, 2.75) is 32.9 Å². The van der Waals surface area contributed by atoms with Gasteiger partial charge in [-0.15, -0.1) is 0 Å². The number of methoxy groups -OCH3 is 1. The molecule has 1 unspecified atom stereocenters. The van der Waals surface area contributed by atoms with Crippen LogP contribution in [0.25, 0.3) is 0 Å². The minimum Gasteiger partial charge on any atom is -0.480 e. The number of carboxylic acids is 1. The van der Waals surface area contributed by atoms with Crippen LogP contribution in [-0.2, 0) is 14.3 Å². The van der Waals surface area contributed by atoms with Crippen LogP contribution in [0.5, 0.6) is 0 Å². The summed E-state index contributed by atoms with van der Waals surface area (Å²) in [7, 11) is 1.54. The number of carbonyl (C=O) groups is 2. The summed E-state index contributed by atoms with van der Waals surface area (Å²) in [5.74, 6) is -1.12. The summed E-state index contributed by atoms with van der Waals surface area (Å²) >= 11 is 0. The van der Waals surface area contributed by atoms with Gasteiger partial charge in [0.05, 0.1) is 19.2 Å². The van der Waals surface area contributed by atoms with Gasteiger partial charge in [0, 0.05) is 19.7 Å². The average molecular weight is 246 g/mol. The van der Waals surface area contributed by atoms with Crippen LogP contribution in [0, 0.1) is 0 Å². The Morgan fingerprint density at radius 2 is 1.94 bits per heavy atom. The molecule has 2 N–H and O–H groups in total. The lowest BCUT2D eigenvalue weighted by Crippen LogP contribution is -2.49. The zero-order valence-electron chi connectivity index (χ0n) is 10.9. The van der Waals surface area contributed by atoms with Crippen molar-refractivity contribution in [3.63, 3.8) is 0 Å². The van der Waals surface area contributed by atoms with Crippen LogP contribution < -0.4 is 5.32 Å². The fourth-order valence-electron chi connectivity index (χ4n) is 1.36. The summed E-state index contributed by atoms with van der Waals surface area (Å²) in [6.07, 6.45) is 0. The van der Waals surface area contributed by atoms with E-state index in [4.69, 9.17) is 9.84 Å². The van der Waals surface area contributed by atoms with Gasteiger partial charge in [0.1, 0.15) is 0 Å². The van der Waals surface area contributed by atoms with Gasteiger partial charge in [-0.25, -0.2) is 0 Å². The molecule has 0 bridgehead atoms. The maximum Gasteiger partial charge on any atom is 0.317 e. The molecule has 0 radical (unpaired) electrons. The molecular weight excluding hydrogens is 224 g/mol. The van der Waals surface area contributed by atoms with E-state index in [1.54, 1.807) is 11.8 Å². The number of nitrogens with zero attached hydrogens (tertiary/aromatic N) is 1. The van der Waals surface area contributed by atoms with Crippen LogP contribution in [0.2, 0.25) is 0 Å². The molecule has 0 rings (SSSR count). The molecule has 0 heterocycles. The Morgan fingerprint density at radius 3 is 2.35 bits per heavy atom. The summed E-state index contributed by atoms with van der Waals surface area (Å²) in [5, 5.41) is 11.5. The van der Waals surface area contributed by atoms with Crippen LogP contribution in [0.15, 0.2) is 0 Å². The molecule has 0 aromatic carbocycles. The minimum absolute atomic E-state index is 0.0408. The van der Waals surface area contributed by atoms with Crippen molar-refractivity contribution in [2.75, 3.05) is 26.8 Å². The van der Waals surface area contributed by atoms with E-state index in [0.717, 1.165) is 0 Å². The highest BCUT2D eigenvalue weighted by Crippen LogP contribution is 2.00. The first kappa shape index (κ1) is 15.9. The lowest BCUT2D eigenvalue weighted by molar-refractivity contribution is -0.140. The molecule has 0 aliphatic rings.